The van der Waals surface area contributed by atoms with E-state index in [0.717, 1.165) is 40.1 Å². The lowest BCUT2D eigenvalue weighted by atomic mass is 10.0. The summed E-state index contributed by atoms with van der Waals surface area (Å²) >= 11 is 1.60. The fourth-order valence-electron chi connectivity index (χ4n) is 5.30. The second kappa shape index (κ2) is 13.2. The number of hydrogen-bond acceptors (Lipinski definition) is 4. The molecule has 0 aliphatic carbocycles. The second-order valence-corrected chi connectivity index (χ2v) is 11.8. The lowest BCUT2D eigenvalue weighted by Gasteiger charge is -2.37. The fraction of sp³-hybridized carbons (Fsp3) is 0.303. The first-order chi connectivity index (χ1) is 21.0. The smallest absolute Gasteiger partial charge is 0.406 e. The van der Waals surface area contributed by atoms with Crippen LogP contribution in [0.5, 0.6) is 5.75 Å². The van der Waals surface area contributed by atoms with Crippen LogP contribution >= 0.6 is 11.8 Å². The van der Waals surface area contributed by atoms with Crippen LogP contribution in [0.15, 0.2) is 84.2 Å². The van der Waals surface area contributed by atoms with Crippen molar-refractivity contribution in [2.24, 2.45) is 4.99 Å². The van der Waals surface area contributed by atoms with Crippen LogP contribution in [0.4, 0.5) is 23.7 Å². The number of imidazole rings is 1. The minimum absolute atomic E-state index is 0.225. The number of thioether (sulfide) groups is 1. The Morgan fingerprint density at radius 3 is 2.41 bits per heavy atom. The first-order valence-corrected chi connectivity index (χ1v) is 15.4. The van der Waals surface area contributed by atoms with Crippen molar-refractivity contribution in [3.8, 4) is 22.7 Å². The van der Waals surface area contributed by atoms with Crippen molar-refractivity contribution >= 4 is 28.6 Å². The molecule has 44 heavy (non-hydrogen) atoms. The van der Waals surface area contributed by atoms with Gasteiger partial charge in [-0.3, -0.25) is 0 Å². The molecule has 2 unspecified atom stereocenters. The van der Waals surface area contributed by atoms with Gasteiger partial charge in [-0.1, -0.05) is 61.2 Å². The number of nitrogens with zero attached hydrogens (tertiary/aromatic N) is 4. The van der Waals surface area contributed by atoms with E-state index in [2.05, 4.69) is 57.8 Å². The van der Waals surface area contributed by atoms with E-state index < -0.39 is 6.36 Å². The summed E-state index contributed by atoms with van der Waals surface area (Å²) in [4.78, 5) is 24.4. The van der Waals surface area contributed by atoms with Gasteiger partial charge in [-0.25, -0.2) is 9.78 Å². The summed E-state index contributed by atoms with van der Waals surface area (Å²) in [5.41, 5.74) is 6.56. The van der Waals surface area contributed by atoms with Gasteiger partial charge in [-0.2, -0.15) is 4.99 Å². The van der Waals surface area contributed by atoms with E-state index in [4.69, 9.17) is 0 Å². The van der Waals surface area contributed by atoms with Crippen LogP contribution in [-0.2, 0) is 0 Å². The molecule has 1 fully saturated rings. The van der Waals surface area contributed by atoms with E-state index in [1.807, 2.05) is 37.3 Å². The number of aromatic nitrogens is 2. The molecule has 0 radical (unpaired) electrons. The van der Waals surface area contributed by atoms with Gasteiger partial charge in [0.25, 0.3) is 0 Å². The van der Waals surface area contributed by atoms with Crippen LogP contribution in [0.25, 0.3) is 16.9 Å². The molecule has 1 saturated heterocycles. The second-order valence-electron chi connectivity index (χ2n) is 10.7. The van der Waals surface area contributed by atoms with Crippen LogP contribution in [-0.4, -0.2) is 38.9 Å². The zero-order chi connectivity index (χ0) is 31.4. The fourth-order valence-corrected chi connectivity index (χ4v) is 6.50. The summed E-state index contributed by atoms with van der Waals surface area (Å²) < 4.78 is 43.0. The molecule has 1 N–H and O–H groups in total. The number of carbonyl (C=O) groups is 1. The third-order valence-corrected chi connectivity index (χ3v) is 8.54. The Balaban J connectivity index is 1.28. The quantitative estimate of drug-likeness (QED) is 0.224. The lowest BCUT2D eigenvalue weighted by Crippen LogP contribution is -2.43. The third-order valence-electron chi connectivity index (χ3n) is 7.56. The summed E-state index contributed by atoms with van der Waals surface area (Å²) in [6.45, 7) is 8.35. The number of para-hydroxylation sites is 1. The van der Waals surface area contributed by atoms with Gasteiger partial charge in [0.2, 0.25) is 0 Å². The SMILES string of the molecule is CCC(NC(=O)N=C1SCCC(C)N1c1c(C)cccc1C)c1ccc(-c2cn(-c3ccc(OC(F)(F)F)cc3)cn2)cc1. The molecule has 0 bridgehead atoms. The Morgan fingerprint density at radius 1 is 1.09 bits per heavy atom. The number of alkyl halides is 3. The average Bonchev–Trinajstić information content (AvgIpc) is 3.47. The first kappa shape index (κ1) is 31.2. The van der Waals surface area contributed by atoms with Crippen molar-refractivity contribution in [3.63, 3.8) is 0 Å². The molecule has 1 aromatic heterocycles. The maximum Gasteiger partial charge on any atom is 0.573 e. The summed E-state index contributed by atoms with van der Waals surface area (Å²) in [6.07, 6.45) is 0.350. The van der Waals surface area contributed by atoms with Gasteiger partial charge < -0.3 is 19.5 Å². The maximum absolute atomic E-state index is 13.2. The topological polar surface area (TPSA) is 71.8 Å². The number of amidine groups is 1. The summed E-state index contributed by atoms with van der Waals surface area (Å²) in [5, 5.41) is 3.79. The summed E-state index contributed by atoms with van der Waals surface area (Å²) in [6, 6.07) is 19.2. The number of carbonyl (C=O) groups excluding carboxylic acids is 1. The Hall–Kier alpha value is -4.25. The van der Waals surface area contributed by atoms with Gasteiger partial charge in [0.15, 0.2) is 5.17 Å². The molecule has 2 amide bonds. The highest BCUT2D eigenvalue weighted by Gasteiger charge is 2.31. The summed E-state index contributed by atoms with van der Waals surface area (Å²) in [5.74, 6) is 0.618. The van der Waals surface area contributed by atoms with Crippen molar-refractivity contribution in [2.75, 3.05) is 10.7 Å². The Bertz CT molecular complexity index is 1610. The molecule has 11 heteroatoms. The molecule has 230 valence electrons. The zero-order valence-corrected chi connectivity index (χ0v) is 25.7. The maximum atomic E-state index is 13.2. The van der Waals surface area contributed by atoms with E-state index >= 15 is 0 Å². The number of aryl methyl sites for hydroxylation is 2. The van der Waals surface area contributed by atoms with Crippen molar-refractivity contribution in [2.45, 2.75) is 59.0 Å². The Morgan fingerprint density at radius 2 is 1.77 bits per heavy atom. The van der Waals surface area contributed by atoms with Crippen LogP contribution in [0.3, 0.4) is 0 Å². The minimum Gasteiger partial charge on any atom is -0.406 e. The highest BCUT2D eigenvalue weighted by atomic mass is 32.2. The van der Waals surface area contributed by atoms with Gasteiger partial charge in [0.1, 0.15) is 5.75 Å². The van der Waals surface area contributed by atoms with Crippen LogP contribution in [0.1, 0.15) is 49.4 Å². The number of aliphatic imine (C=N–C) groups is 1. The number of hydrogen-bond donors (Lipinski definition) is 1. The van der Waals surface area contributed by atoms with Crippen LogP contribution in [0, 0.1) is 13.8 Å². The molecule has 5 rings (SSSR count). The molecule has 4 aromatic rings. The standard InChI is InChI=1S/C33H34F3N5O2S/c1-5-28(38-31(42)39-32-41(23(4)17-18-44-32)30-21(2)7-6-8-22(30)3)24-9-11-25(12-10-24)29-19-40(20-37-29)26-13-15-27(16-14-26)43-33(34,35)36/h6-16,19-20,23,28H,5,17-18H2,1-4H3,(H,38,42). The molecule has 1 aliphatic heterocycles. The Labute approximate surface area is 259 Å². The number of ether oxygens (including phenoxy) is 1. The zero-order valence-electron chi connectivity index (χ0n) is 24.9. The number of anilines is 1. The van der Waals surface area contributed by atoms with Crippen LogP contribution in [0.2, 0.25) is 0 Å². The predicted octanol–water partition coefficient (Wildman–Crippen LogP) is 8.60. The van der Waals surface area contributed by atoms with Gasteiger partial charge in [-0.05, 0) is 74.6 Å². The van der Waals surface area contributed by atoms with E-state index in [1.165, 1.54) is 24.3 Å². The van der Waals surface area contributed by atoms with Gasteiger partial charge in [0.05, 0.1) is 18.1 Å². The van der Waals surface area contributed by atoms with Crippen molar-refractivity contribution in [1.82, 2.24) is 14.9 Å². The van der Waals surface area contributed by atoms with E-state index in [0.29, 0.717) is 23.0 Å². The van der Waals surface area contributed by atoms with E-state index in [-0.39, 0.29) is 23.9 Å². The first-order valence-electron chi connectivity index (χ1n) is 14.4. The molecule has 2 heterocycles. The van der Waals surface area contributed by atoms with Gasteiger partial charge in [-0.15, -0.1) is 13.2 Å². The predicted molar refractivity (Wildman–Crippen MR) is 170 cm³/mol. The molecule has 3 aromatic carbocycles. The van der Waals surface area contributed by atoms with Crippen LogP contribution < -0.4 is 15.0 Å². The Kier molecular flexibility index (Phi) is 9.33. The van der Waals surface area contributed by atoms with E-state index in [9.17, 15) is 18.0 Å². The number of urea groups is 1. The molecule has 1 aliphatic rings. The average molecular weight is 622 g/mol. The van der Waals surface area contributed by atoms with Crippen molar-refractivity contribution in [1.29, 1.82) is 0 Å². The minimum atomic E-state index is -4.74. The number of amides is 2. The number of rotatable bonds is 7. The number of halogens is 3. The normalized spacial score (nSPS) is 17.0. The highest BCUT2D eigenvalue weighted by molar-refractivity contribution is 8.14. The summed E-state index contributed by atoms with van der Waals surface area (Å²) in [7, 11) is 0. The van der Waals surface area contributed by atoms with E-state index in [1.54, 1.807) is 28.9 Å². The highest BCUT2D eigenvalue weighted by Crippen LogP contribution is 2.34. The molecule has 0 saturated carbocycles. The largest absolute Gasteiger partial charge is 0.573 e. The number of benzene rings is 3. The third kappa shape index (κ3) is 7.27. The lowest BCUT2D eigenvalue weighted by molar-refractivity contribution is -0.274. The van der Waals surface area contributed by atoms with Crippen molar-refractivity contribution in [3.05, 3.63) is 95.9 Å². The van der Waals surface area contributed by atoms with Crippen molar-refractivity contribution < 1.29 is 22.7 Å². The van der Waals surface area contributed by atoms with Gasteiger partial charge >= 0.3 is 12.4 Å². The molecule has 7 nitrogen and oxygen atoms in total. The monoisotopic (exact) mass is 621 g/mol. The number of nitrogens with one attached hydrogen (secondary N) is 1. The molecule has 2 atom stereocenters. The molecule has 0 spiro atoms. The molecular weight excluding hydrogens is 587 g/mol. The molecular formula is C33H34F3N5O2S. The van der Waals surface area contributed by atoms with Gasteiger partial charge in [0, 0.05) is 34.9 Å².